The Morgan fingerprint density at radius 1 is 1.08 bits per heavy atom. The van der Waals surface area contributed by atoms with E-state index in [1.165, 1.54) is 39.5 Å². The Hall–Kier alpha value is -2.65. The van der Waals surface area contributed by atoms with Crippen molar-refractivity contribution in [1.29, 1.82) is 0 Å². The fraction of sp³-hybridized carbons (Fsp3) is 0.625. The fourth-order valence-corrected chi connectivity index (χ4v) is 5.11. The number of fused-ring (bicyclic) bond motifs is 1. The van der Waals surface area contributed by atoms with Gasteiger partial charge in [-0.1, -0.05) is 0 Å². The summed E-state index contributed by atoms with van der Waals surface area (Å²) < 4.78 is 32.6. The molecule has 2 aliphatic heterocycles. The summed E-state index contributed by atoms with van der Waals surface area (Å²) in [5.74, 6) is -2.34. The van der Waals surface area contributed by atoms with Gasteiger partial charge < -0.3 is 59.1 Å². The monoisotopic (exact) mass is 528 g/mol. The number of hydrogen-bond acceptors (Lipinski definition) is 13. The van der Waals surface area contributed by atoms with Crippen LogP contribution in [-0.2, 0) is 18.9 Å². The number of hydrogen-bond donors (Lipinski definition) is 6. The van der Waals surface area contributed by atoms with Gasteiger partial charge in [0.2, 0.25) is 12.0 Å². The Labute approximate surface area is 212 Å². The van der Waals surface area contributed by atoms with Crippen LogP contribution >= 0.6 is 0 Å². The van der Waals surface area contributed by atoms with Crippen molar-refractivity contribution in [3.05, 3.63) is 30.0 Å². The summed E-state index contributed by atoms with van der Waals surface area (Å²) >= 11 is 0. The summed E-state index contributed by atoms with van der Waals surface area (Å²) in [6.45, 7) is 0.891. The standard InChI is InChI=1S/C24H32O13/c1-24(31)8-14(35-21(30)10-6-12(32-2)17(26)13(7-10)33-3)11-4-5-34-22(16(11)24)37-23-20(29)19(28)18(27)15(9-25)36-23/h4-7,11,14-16,18-20,22-23,25-29,31H,8-9H2,1-3H3/t11-,14?,15?,16+,18?,19?,20?,22?,23?,24-/m0/s1. The molecule has 10 atom stereocenters. The molecule has 1 aromatic carbocycles. The van der Waals surface area contributed by atoms with Crippen LogP contribution in [0.2, 0.25) is 0 Å². The fourth-order valence-electron chi connectivity index (χ4n) is 5.11. The number of phenols is 1. The molecule has 0 radical (unpaired) electrons. The molecule has 0 amide bonds. The van der Waals surface area contributed by atoms with Gasteiger partial charge in [0.15, 0.2) is 17.8 Å². The molecule has 13 heteroatoms. The van der Waals surface area contributed by atoms with Crippen LogP contribution in [0.25, 0.3) is 0 Å². The lowest BCUT2D eigenvalue weighted by atomic mass is 9.85. The van der Waals surface area contributed by atoms with Crippen molar-refractivity contribution in [3.63, 3.8) is 0 Å². The molecule has 1 saturated heterocycles. The SMILES string of the molecule is COc1cc(C(=O)OC2C[C@](C)(O)[C@H]3C(OC4OC(CO)C(O)C(O)C4O)OC=C[C@@H]23)cc(OC)c1O. The topological polar surface area (TPSA) is 194 Å². The first kappa shape index (κ1) is 27.4. The maximum atomic E-state index is 13.0. The van der Waals surface area contributed by atoms with E-state index >= 15 is 0 Å². The minimum absolute atomic E-state index is 0.0153. The molecule has 1 aromatic rings. The van der Waals surface area contributed by atoms with Crippen LogP contribution in [0.5, 0.6) is 17.2 Å². The molecule has 3 aliphatic rings. The highest BCUT2D eigenvalue weighted by atomic mass is 16.8. The molecule has 37 heavy (non-hydrogen) atoms. The van der Waals surface area contributed by atoms with Gasteiger partial charge in [-0.3, -0.25) is 0 Å². The molecule has 2 fully saturated rings. The largest absolute Gasteiger partial charge is 0.502 e. The first-order valence-electron chi connectivity index (χ1n) is 11.7. The molecule has 1 aliphatic carbocycles. The lowest BCUT2D eigenvalue weighted by Gasteiger charge is -2.43. The molecule has 4 rings (SSSR count). The summed E-state index contributed by atoms with van der Waals surface area (Å²) in [6, 6.07) is 2.60. The number of benzene rings is 1. The summed E-state index contributed by atoms with van der Waals surface area (Å²) in [5, 5.41) is 61.1. The maximum absolute atomic E-state index is 13.0. The van der Waals surface area contributed by atoms with Crippen molar-refractivity contribution < 1.29 is 63.9 Å². The van der Waals surface area contributed by atoms with E-state index < -0.39 is 73.1 Å². The third-order valence-corrected chi connectivity index (χ3v) is 7.07. The number of aliphatic hydroxyl groups excluding tert-OH is 4. The number of carbonyl (C=O) groups excluding carboxylic acids is 1. The van der Waals surface area contributed by atoms with Gasteiger partial charge in [-0.05, 0) is 25.1 Å². The number of rotatable bonds is 7. The van der Waals surface area contributed by atoms with Crippen LogP contribution in [-0.4, -0.2) is 106 Å². The van der Waals surface area contributed by atoms with Gasteiger partial charge in [0.1, 0.15) is 30.5 Å². The predicted octanol–water partition coefficient (Wildman–Crippen LogP) is -0.992. The van der Waals surface area contributed by atoms with E-state index in [4.69, 9.17) is 28.4 Å². The average molecular weight is 529 g/mol. The van der Waals surface area contributed by atoms with Crippen LogP contribution in [0.4, 0.5) is 0 Å². The normalized spacial score (nSPS) is 39.0. The van der Waals surface area contributed by atoms with Gasteiger partial charge in [-0.15, -0.1) is 0 Å². The molecule has 7 unspecified atom stereocenters. The van der Waals surface area contributed by atoms with Gasteiger partial charge in [0.05, 0.1) is 44.2 Å². The molecule has 2 heterocycles. The highest BCUT2D eigenvalue weighted by molar-refractivity contribution is 5.91. The summed E-state index contributed by atoms with van der Waals surface area (Å²) in [6.07, 6.45) is -6.59. The Balaban J connectivity index is 1.52. The second-order valence-corrected chi connectivity index (χ2v) is 9.50. The Morgan fingerprint density at radius 3 is 2.32 bits per heavy atom. The van der Waals surface area contributed by atoms with Crippen LogP contribution in [0.15, 0.2) is 24.5 Å². The molecule has 1 saturated carbocycles. The number of methoxy groups -OCH3 is 2. The number of aliphatic hydroxyl groups is 5. The van der Waals surface area contributed by atoms with Gasteiger partial charge in [-0.25, -0.2) is 4.79 Å². The molecular formula is C24H32O13. The Kier molecular flexibility index (Phi) is 7.85. The van der Waals surface area contributed by atoms with E-state index in [-0.39, 0.29) is 29.2 Å². The summed E-state index contributed by atoms with van der Waals surface area (Å²) in [5.41, 5.74) is -1.40. The second-order valence-electron chi connectivity index (χ2n) is 9.50. The molecule has 13 nitrogen and oxygen atoms in total. The van der Waals surface area contributed by atoms with E-state index in [0.29, 0.717) is 0 Å². The number of phenolic OH excluding ortho intramolecular Hbond substituents is 1. The number of carbonyl (C=O) groups is 1. The molecule has 6 N–H and O–H groups in total. The number of esters is 1. The van der Waals surface area contributed by atoms with E-state index in [9.17, 15) is 35.4 Å². The molecule has 0 spiro atoms. The molecular weight excluding hydrogens is 496 g/mol. The van der Waals surface area contributed by atoms with Gasteiger partial charge in [0, 0.05) is 12.3 Å². The van der Waals surface area contributed by atoms with Crippen molar-refractivity contribution in [2.75, 3.05) is 20.8 Å². The van der Waals surface area contributed by atoms with Crippen LogP contribution in [0, 0.1) is 11.8 Å². The Bertz CT molecular complexity index is 983. The van der Waals surface area contributed by atoms with Crippen molar-refractivity contribution >= 4 is 5.97 Å². The second kappa shape index (κ2) is 10.6. The average Bonchev–Trinajstić information content (AvgIpc) is 3.14. The number of aromatic hydroxyl groups is 1. The highest BCUT2D eigenvalue weighted by Crippen LogP contribution is 2.48. The third kappa shape index (κ3) is 5.08. The summed E-state index contributed by atoms with van der Waals surface area (Å²) in [7, 11) is 2.65. The Morgan fingerprint density at radius 2 is 1.73 bits per heavy atom. The molecule has 0 aromatic heterocycles. The predicted molar refractivity (Wildman–Crippen MR) is 122 cm³/mol. The molecule has 0 bridgehead atoms. The highest BCUT2D eigenvalue weighted by Gasteiger charge is 2.58. The smallest absolute Gasteiger partial charge is 0.338 e. The lowest BCUT2D eigenvalue weighted by Crippen LogP contribution is -2.60. The first-order valence-corrected chi connectivity index (χ1v) is 11.7. The van der Waals surface area contributed by atoms with Crippen LogP contribution in [0.1, 0.15) is 23.7 Å². The van der Waals surface area contributed by atoms with E-state index in [2.05, 4.69) is 0 Å². The van der Waals surface area contributed by atoms with Crippen LogP contribution < -0.4 is 9.47 Å². The van der Waals surface area contributed by atoms with E-state index in [0.717, 1.165) is 0 Å². The first-order chi connectivity index (χ1) is 17.5. The minimum Gasteiger partial charge on any atom is -0.502 e. The zero-order valence-electron chi connectivity index (χ0n) is 20.5. The van der Waals surface area contributed by atoms with Gasteiger partial charge >= 0.3 is 5.97 Å². The van der Waals surface area contributed by atoms with Gasteiger partial charge in [-0.2, -0.15) is 0 Å². The van der Waals surface area contributed by atoms with Crippen molar-refractivity contribution in [2.24, 2.45) is 11.8 Å². The van der Waals surface area contributed by atoms with E-state index in [1.807, 2.05) is 0 Å². The lowest BCUT2D eigenvalue weighted by molar-refractivity contribution is -0.346. The maximum Gasteiger partial charge on any atom is 0.338 e. The zero-order valence-corrected chi connectivity index (χ0v) is 20.5. The molecule has 206 valence electrons. The summed E-state index contributed by atoms with van der Waals surface area (Å²) in [4.78, 5) is 13.0. The zero-order chi connectivity index (χ0) is 27.1. The quantitative estimate of drug-likeness (QED) is 0.236. The van der Waals surface area contributed by atoms with Crippen molar-refractivity contribution in [3.8, 4) is 17.2 Å². The third-order valence-electron chi connectivity index (χ3n) is 7.07. The van der Waals surface area contributed by atoms with E-state index in [1.54, 1.807) is 6.08 Å². The minimum atomic E-state index is -1.66. The number of ether oxygens (including phenoxy) is 6. The van der Waals surface area contributed by atoms with Gasteiger partial charge in [0.25, 0.3) is 0 Å². The van der Waals surface area contributed by atoms with Crippen molar-refractivity contribution in [2.45, 2.75) is 62.0 Å². The van der Waals surface area contributed by atoms with Crippen molar-refractivity contribution in [1.82, 2.24) is 0 Å². The van der Waals surface area contributed by atoms with Crippen LogP contribution in [0.3, 0.4) is 0 Å².